The SMILES string of the molecule is CCOCCOCCOCCSC.[Na+]. The van der Waals surface area contributed by atoms with Crippen molar-refractivity contribution in [3.05, 3.63) is 0 Å². The van der Waals surface area contributed by atoms with Crippen LogP contribution in [0.4, 0.5) is 0 Å². The van der Waals surface area contributed by atoms with Gasteiger partial charge in [0.15, 0.2) is 0 Å². The molecule has 0 rings (SSSR count). The molecule has 5 heteroatoms. The average Bonchev–Trinajstić information content (AvgIpc) is 2.16. The molecule has 0 aliphatic carbocycles. The molecule has 0 aromatic heterocycles. The Morgan fingerprint density at radius 2 is 1.36 bits per heavy atom. The molecule has 0 radical (unpaired) electrons. The standard InChI is InChI=1S/C9H20O3S.Na/c1-3-10-4-5-11-6-7-12-8-9-13-2;/h3-9H2,1-2H3;/q;+1. The molecule has 0 unspecified atom stereocenters. The van der Waals surface area contributed by atoms with Gasteiger partial charge in [-0.2, -0.15) is 11.8 Å². The summed E-state index contributed by atoms with van der Waals surface area (Å²) in [5, 5.41) is 0. The Balaban J connectivity index is 0. The summed E-state index contributed by atoms with van der Waals surface area (Å²) in [6.45, 7) is 6.25. The zero-order valence-corrected chi connectivity index (χ0v) is 12.4. The van der Waals surface area contributed by atoms with Gasteiger partial charge in [-0.25, -0.2) is 0 Å². The largest absolute Gasteiger partial charge is 1.00 e. The second-order valence-corrected chi connectivity index (χ2v) is 3.40. The number of rotatable bonds is 10. The fourth-order valence-corrected chi connectivity index (χ4v) is 1.01. The molecule has 80 valence electrons. The van der Waals surface area contributed by atoms with E-state index in [1.165, 1.54) is 0 Å². The minimum Gasteiger partial charge on any atom is -0.379 e. The summed E-state index contributed by atoms with van der Waals surface area (Å²) in [5.41, 5.74) is 0. The third kappa shape index (κ3) is 15.7. The Labute approximate surface area is 114 Å². The first-order chi connectivity index (χ1) is 6.41. The van der Waals surface area contributed by atoms with Crippen LogP contribution in [0.2, 0.25) is 0 Å². The van der Waals surface area contributed by atoms with Crippen molar-refractivity contribution in [3.63, 3.8) is 0 Å². The van der Waals surface area contributed by atoms with Gasteiger partial charge >= 0.3 is 29.6 Å². The molecular weight excluding hydrogens is 211 g/mol. The van der Waals surface area contributed by atoms with Crippen LogP contribution < -0.4 is 29.6 Å². The van der Waals surface area contributed by atoms with Gasteiger partial charge in [-0.3, -0.25) is 0 Å². The molecule has 0 bridgehead atoms. The Bertz CT molecular complexity index is 86.1. The maximum Gasteiger partial charge on any atom is 1.00 e. The van der Waals surface area contributed by atoms with Crippen LogP contribution in [0.15, 0.2) is 0 Å². The molecule has 0 N–H and O–H groups in total. The van der Waals surface area contributed by atoms with Crippen molar-refractivity contribution < 1.29 is 43.8 Å². The smallest absolute Gasteiger partial charge is 0.379 e. The Morgan fingerprint density at radius 3 is 1.86 bits per heavy atom. The van der Waals surface area contributed by atoms with E-state index in [1.807, 2.05) is 6.92 Å². The van der Waals surface area contributed by atoms with Gasteiger partial charge in [0, 0.05) is 12.4 Å². The normalized spacial score (nSPS) is 9.86. The molecule has 0 aromatic rings. The van der Waals surface area contributed by atoms with Crippen molar-refractivity contribution in [1.82, 2.24) is 0 Å². The minimum atomic E-state index is 0. The Kier molecular flexibility index (Phi) is 21.0. The second-order valence-electron chi connectivity index (χ2n) is 2.41. The zero-order valence-electron chi connectivity index (χ0n) is 9.58. The number of hydrogen-bond donors (Lipinski definition) is 0. The molecule has 3 nitrogen and oxygen atoms in total. The van der Waals surface area contributed by atoms with Gasteiger partial charge in [-0.15, -0.1) is 0 Å². The van der Waals surface area contributed by atoms with Crippen LogP contribution >= 0.6 is 11.8 Å². The molecule has 0 saturated carbocycles. The van der Waals surface area contributed by atoms with E-state index in [0.29, 0.717) is 26.4 Å². The molecule has 0 aromatic carbocycles. The predicted octanol–water partition coefficient (Wildman–Crippen LogP) is -1.58. The monoisotopic (exact) mass is 231 g/mol. The van der Waals surface area contributed by atoms with Crippen molar-refractivity contribution in [3.8, 4) is 0 Å². The number of thioether (sulfide) groups is 1. The van der Waals surface area contributed by atoms with Gasteiger partial charge < -0.3 is 14.2 Å². The van der Waals surface area contributed by atoms with Crippen molar-refractivity contribution in [2.75, 3.05) is 51.6 Å². The van der Waals surface area contributed by atoms with E-state index in [9.17, 15) is 0 Å². The summed E-state index contributed by atoms with van der Waals surface area (Å²) in [4.78, 5) is 0. The van der Waals surface area contributed by atoms with Crippen molar-refractivity contribution >= 4 is 11.8 Å². The van der Waals surface area contributed by atoms with Gasteiger partial charge in [0.25, 0.3) is 0 Å². The van der Waals surface area contributed by atoms with Crippen molar-refractivity contribution in [2.45, 2.75) is 6.92 Å². The summed E-state index contributed by atoms with van der Waals surface area (Å²) in [5.74, 6) is 1.05. The Morgan fingerprint density at radius 1 is 0.857 bits per heavy atom. The maximum absolute atomic E-state index is 5.29. The molecule has 14 heavy (non-hydrogen) atoms. The fraction of sp³-hybridized carbons (Fsp3) is 1.00. The van der Waals surface area contributed by atoms with Crippen LogP contribution in [0, 0.1) is 0 Å². The van der Waals surface area contributed by atoms with E-state index in [4.69, 9.17) is 14.2 Å². The molecule has 0 saturated heterocycles. The third-order valence-corrected chi connectivity index (χ3v) is 1.95. The van der Waals surface area contributed by atoms with E-state index in [2.05, 4.69) is 6.26 Å². The first kappa shape index (κ1) is 17.6. The minimum absolute atomic E-state index is 0. The summed E-state index contributed by atoms with van der Waals surface area (Å²) >= 11 is 1.79. The Hall–Kier alpha value is 1.23. The van der Waals surface area contributed by atoms with Gasteiger partial charge in [0.05, 0.1) is 33.0 Å². The van der Waals surface area contributed by atoms with Gasteiger partial charge in [-0.05, 0) is 13.2 Å². The maximum atomic E-state index is 5.29. The zero-order chi connectivity index (χ0) is 9.78. The van der Waals surface area contributed by atoms with Crippen molar-refractivity contribution in [2.24, 2.45) is 0 Å². The van der Waals surface area contributed by atoms with Crippen molar-refractivity contribution in [1.29, 1.82) is 0 Å². The molecule has 0 fully saturated rings. The summed E-state index contributed by atoms with van der Waals surface area (Å²) < 4.78 is 15.7. The molecule has 0 heterocycles. The van der Waals surface area contributed by atoms with Crippen LogP contribution in [0.25, 0.3) is 0 Å². The second kappa shape index (κ2) is 16.7. The fourth-order valence-electron chi connectivity index (χ4n) is 0.726. The molecule has 0 aliphatic heterocycles. The third-order valence-electron chi connectivity index (χ3n) is 1.38. The summed E-state index contributed by atoms with van der Waals surface area (Å²) in [7, 11) is 0. The van der Waals surface area contributed by atoms with Crippen LogP contribution in [0.3, 0.4) is 0 Å². The van der Waals surface area contributed by atoms with Crippen LogP contribution in [0.5, 0.6) is 0 Å². The van der Waals surface area contributed by atoms with E-state index in [0.717, 1.165) is 19.0 Å². The van der Waals surface area contributed by atoms with Crippen LogP contribution in [-0.2, 0) is 14.2 Å². The van der Waals surface area contributed by atoms with E-state index >= 15 is 0 Å². The number of ether oxygens (including phenoxy) is 3. The number of hydrogen-bond acceptors (Lipinski definition) is 4. The molecular formula is C9H20NaO3S+. The van der Waals surface area contributed by atoms with Crippen LogP contribution in [-0.4, -0.2) is 51.6 Å². The molecule has 0 atom stereocenters. The summed E-state index contributed by atoms with van der Waals surface area (Å²) in [6, 6.07) is 0. The van der Waals surface area contributed by atoms with Gasteiger partial charge in [0.2, 0.25) is 0 Å². The van der Waals surface area contributed by atoms with E-state index < -0.39 is 0 Å². The summed E-state index contributed by atoms with van der Waals surface area (Å²) in [6.07, 6.45) is 2.07. The quantitative estimate of drug-likeness (QED) is 0.335. The average molecular weight is 231 g/mol. The first-order valence-electron chi connectivity index (χ1n) is 4.64. The molecule has 0 aliphatic rings. The van der Waals surface area contributed by atoms with E-state index in [-0.39, 0.29) is 29.6 Å². The predicted molar refractivity (Wildman–Crippen MR) is 56.5 cm³/mol. The first-order valence-corrected chi connectivity index (χ1v) is 6.03. The van der Waals surface area contributed by atoms with Gasteiger partial charge in [0.1, 0.15) is 0 Å². The van der Waals surface area contributed by atoms with E-state index in [1.54, 1.807) is 11.8 Å². The molecule has 0 spiro atoms. The van der Waals surface area contributed by atoms with Gasteiger partial charge in [-0.1, -0.05) is 0 Å². The van der Waals surface area contributed by atoms with Crippen LogP contribution in [0.1, 0.15) is 6.92 Å². The topological polar surface area (TPSA) is 27.7 Å². The molecule has 0 amide bonds.